The lowest BCUT2D eigenvalue weighted by molar-refractivity contribution is -0.167. The molecule has 6 heteroatoms. The van der Waals surface area contributed by atoms with Gasteiger partial charge in [-0.1, -0.05) is 289 Å². The molecular formula is C65H122O6. The molecule has 0 radical (unpaired) electrons. The van der Waals surface area contributed by atoms with Crippen LogP contribution in [0.15, 0.2) is 24.3 Å². The molecule has 0 rings (SSSR count). The van der Waals surface area contributed by atoms with Crippen molar-refractivity contribution in [3.05, 3.63) is 24.3 Å². The van der Waals surface area contributed by atoms with Gasteiger partial charge in [-0.2, -0.15) is 0 Å². The van der Waals surface area contributed by atoms with Crippen LogP contribution in [-0.2, 0) is 28.6 Å². The van der Waals surface area contributed by atoms with Gasteiger partial charge in [0, 0.05) is 19.3 Å². The van der Waals surface area contributed by atoms with Crippen molar-refractivity contribution in [2.45, 2.75) is 361 Å². The zero-order valence-electron chi connectivity index (χ0n) is 48.0. The molecular weight excluding hydrogens is 877 g/mol. The molecule has 0 saturated heterocycles. The third kappa shape index (κ3) is 58.7. The van der Waals surface area contributed by atoms with E-state index in [2.05, 4.69) is 45.1 Å². The Hall–Kier alpha value is -2.11. The van der Waals surface area contributed by atoms with E-state index in [-0.39, 0.29) is 31.1 Å². The zero-order chi connectivity index (χ0) is 51.4. The summed E-state index contributed by atoms with van der Waals surface area (Å²) in [5.41, 5.74) is 0. The van der Waals surface area contributed by atoms with Crippen LogP contribution in [0.25, 0.3) is 0 Å². The minimum Gasteiger partial charge on any atom is -0.462 e. The van der Waals surface area contributed by atoms with Gasteiger partial charge in [0.2, 0.25) is 0 Å². The molecule has 71 heavy (non-hydrogen) atoms. The number of ether oxygens (including phenoxy) is 3. The van der Waals surface area contributed by atoms with E-state index in [1.807, 2.05) is 0 Å². The van der Waals surface area contributed by atoms with Crippen LogP contribution in [0.3, 0.4) is 0 Å². The first kappa shape index (κ1) is 68.9. The predicted octanol–water partition coefficient (Wildman–Crippen LogP) is 21.4. The smallest absolute Gasteiger partial charge is 0.306 e. The summed E-state index contributed by atoms with van der Waals surface area (Å²) in [6, 6.07) is 0. The first-order chi connectivity index (χ1) is 35.0. The highest BCUT2D eigenvalue weighted by Crippen LogP contribution is 2.17. The van der Waals surface area contributed by atoms with Gasteiger partial charge in [-0.3, -0.25) is 14.4 Å². The van der Waals surface area contributed by atoms with Gasteiger partial charge >= 0.3 is 17.9 Å². The monoisotopic (exact) mass is 999 g/mol. The summed E-state index contributed by atoms with van der Waals surface area (Å²) in [7, 11) is 0. The number of unbranched alkanes of at least 4 members (excludes halogenated alkanes) is 44. The number of rotatable bonds is 59. The molecule has 418 valence electrons. The molecule has 1 unspecified atom stereocenters. The highest BCUT2D eigenvalue weighted by molar-refractivity contribution is 5.71. The van der Waals surface area contributed by atoms with Crippen LogP contribution in [0.5, 0.6) is 0 Å². The molecule has 0 spiro atoms. The fourth-order valence-electron chi connectivity index (χ4n) is 9.61. The normalized spacial score (nSPS) is 12.1. The van der Waals surface area contributed by atoms with Crippen LogP contribution in [0.4, 0.5) is 0 Å². The largest absolute Gasteiger partial charge is 0.462 e. The van der Waals surface area contributed by atoms with Gasteiger partial charge in [-0.25, -0.2) is 0 Å². The first-order valence-corrected chi connectivity index (χ1v) is 31.8. The van der Waals surface area contributed by atoms with E-state index in [0.29, 0.717) is 19.3 Å². The number of carbonyl (C=O) groups is 3. The lowest BCUT2D eigenvalue weighted by Crippen LogP contribution is -2.30. The Morgan fingerprint density at radius 3 is 0.704 bits per heavy atom. The zero-order valence-corrected chi connectivity index (χ0v) is 48.0. The molecule has 0 aromatic rings. The Kier molecular flexibility index (Phi) is 58.6. The molecule has 0 aliphatic heterocycles. The van der Waals surface area contributed by atoms with Gasteiger partial charge in [0.15, 0.2) is 6.10 Å². The van der Waals surface area contributed by atoms with Crippen molar-refractivity contribution in [1.29, 1.82) is 0 Å². The molecule has 0 saturated carbocycles. The summed E-state index contributed by atoms with van der Waals surface area (Å²) in [5.74, 6) is -0.858. The van der Waals surface area contributed by atoms with Crippen LogP contribution >= 0.6 is 0 Å². The third-order valence-electron chi connectivity index (χ3n) is 14.4. The highest BCUT2D eigenvalue weighted by Gasteiger charge is 2.19. The Balaban J connectivity index is 4.32. The maximum Gasteiger partial charge on any atom is 0.306 e. The summed E-state index contributed by atoms with van der Waals surface area (Å²) >= 11 is 0. The molecule has 0 fully saturated rings. The molecule has 0 aromatic carbocycles. The summed E-state index contributed by atoms with van der Waals surface area (Å²) in [6.45, 7) is 6.69. The van der Waals surface area contributed by atoms with Crippen LogP contribution < -0.4 is 0 Å². The second-order valence-corrected chi connectivity index (χ2v) is 21.7. The highest BCUT2D eigenvalue weighted by atomic mass is 16.6. The molecule has 0 aliphatic carbocycles. The van der Waals surface area contributed by atoms with Crippen LogP contribution in [0, 0.1) is 0 Å². The Morgan fingerprint density at radius 1 is 0.268 bits per heavy atom. The minimum absolute atomic E-state index is 0.0707. The quantitative estimate of drug-likeness (QED) is 0.0261. The van der Waals surface area contributed by atoms with Crippen molar-refractivity contribution in [3.8, 4) is 0 Å². The van der Waals surface area contributed by atoms with Gasteiger partial charge in [-0.05, 0) is 70.6 Å². The minimum atomic E-state index is -0.774. The lowest BCUT2D eigenvalue weighted by Gasteiger charge is -2.18. The summed E-state index contributed by atoms with van der Waals surface area (Å²) in [5, 5.41) is 0. The molecule has 0 heterocycles. The summed E-state index contributed by atoms with van der Waals surface area (Å²) in [4.78, 5) is 38.3. The maximum atomic E-state index is 12.9. The van der Waals surface area contributed by atoms with E-state index in [9.17, 15) is 14.4 Å². The second kappa shape index (κ2) is 60.4. The average molecular weight is 1000 g/mol. The summed E-state index contributed by atoms with van der Waals surface area (Å²) in [6.07, 6.45) is 71.8. The van der Waals surface area contributed by atoms with Crippen molar-refractivity contribution >= 4 is 17.9 Å². The van der Waals surface area contributed by atoms with Gasteiger partial charge in [-0.15, -0.1) is 0 Å². The predicted molar refractivity (Wildman–Crippen MR) is 307 cm³/mol. The van der Waals surface area contributed by atoms with Crippen molar-refractivity contribution in [2.75, 3.05) is 13.2 Å². The second-order valence-electron chi connectivity index (χ2n) is 21.7. The maximum absolute atomic E-state index is 12.9. The molecule has 0 amide bonds. The van der Waals surface area contributed by atoms with E-state index in [4.69, 9.17) is 14.2 Å². The number of esters is 3. The Labute approximate surface area is 443 Å². The fraction of sp³-hybridized carbons (Fsp3) is 0.892. The van der Waals surface area contributed by atoms with Gasteiger partial charge in [0.05, 0.1) is 0 Å². The topological polar surface area (TPSA) is 78.9 Å². The number of hydrogen-bond acceptors (Lipinski definition) is 6. The van der Waals surface area contributed by atoms with E-state index in [1.165, 1.54) is 250 Å². The third-order valence-corrected chi connectivity index (χ3v) is 14.4. The van der Waals surface area contributed by atoms with Gasteiger partial charge in [0.25, 0.3) is 0 Å². The van der Waals surface area contributed by atoms with Crippen LogP contribution in [0.2, 0.25) is 0 Å². The SMILES string of the molecule is CCCCCCCC/C=C\CCCCCCCCCC(=O)OC(COC(=O)CCCCCCC/C=C\CCCCCCCCC)COC(=O)CCCCCCCCCCCCCCCCCCCCCC. The lowest BCUT2D eigenvalue weighted by atomic mass is 10.0. The van der Waals surface area contributed by atoms with E-state index >= 15 is 0 Å². The Morgan fingerprint density at radius 2 is 0.465 bits per heavy atom. The molecule has 0 aromatic heterocycles. The van der Waals surface area contributed by atoms with Crippen LogP contribution in [-0.4, -0.2) is 37.2 Å². The van der Waals surface area contributed by atoms with Gasteiger partial charge in [0.1, 0.15) is 13.2 Å². The number of hydrogen-bond donors (Lipinski definition) is 0. The van der Waals surface area contributed by atoms with Crippen molar-refractivity contribution in [1.82, 2.24) is 0 Å². The molecule has 1 atom stereocenters. The van der Waals surface area contributed by atoms with Crippen molar-refractivity contribution in [2.24, 2.45) is 0 Å². The standard InChI is InChI=1S/C65H122O6/c1-4-7-10-13-16-19-22-25-28-31-32-33-35-37-40-43-46-49-52-55-58-64(67)70-61-62(60-69-63(66)57-54-51-48-45-42-39-36-30-27-24-21-18-15-12-9-6-3)71-65(68)59-56-53-50-47-44-41-38-34-29-26-23-20-17-14-11-8-5-2/h26,29-30,36,62H,4-25,27-28,31-35,37-61H2,1-3H3/b29-26-,36-30-. The van der Waals surface area contributed by atoms with Crippen molar-refractivity contribution in [3.63, 3.8) is 0 Å². The molecule has 0 aliphatic rings. The van der Waals surface area contributed by atoms with E-state index in [0.717, 1.165) is 64.2 Å². The molecule has 6 nitrogen and oxygen atoms in total. The van der Waals surface area contributed by atoms with E-state index in [1.54, 1.807) is 0 Å². The first-order valence-electron chi connectivity index (χ1n) is 31.8. The van der Waals surface area contributed by atoms with Crippen molar-refractivity contribution < 1.29 is 28.6 Å². The van der Waals surface area contributed by atoms with Crippen LogP contribution in [0.1, 0.15) is 355 Å². The Bertz CT molecular complexity index is 1150. The number of carbonyl (C=O) groups excluding carboxylic acids is 3. The molecule has 0 N–H and O–H groups in total. The van der Waals surface area contributed by atoms with E-state index < -0.39 is 6.10 Å². The fourth-order valence-corrected chi connectivity index (χ4v) is 9.61. The number of allylic oxidation sites excluding steroid dienone is 4. The summed E-state index contributed by atoms with van der Waals surface area (Å²) < 4.78 is 16.9. The van der Waals surface area contributed by atoms with Gasteiger partial charge < -0.3 is 14.2 Å². The molecule has 0 bridgehead atoms. The average Bonchev–Trinajstić information content (AvgIpc) is 3.37.